The van der Waals surface area contributed by atoms with Crippen LogP contribution in [0.4, 0.5) is 0 Å². The van der Waals surface area contributed by atoms with Crippen LogP contribution in [0.3, 0.4) is 0 Å². The molecule has 0 unspecified atom stereocenters. The van der Waals surface area contributed by atoms with Gasteiger partial charge in [0.05, 0.1) is 0 Å². The lowest BCUT2D eigenvalue weighted by Crippen LogP contribution is -2.40. The van der Waals surface area contributed by atoms with Gasteiger partial charge in [-0.2, -0.15) is 0 Å². The van der Waals surface area contributed by atoms with Gasteiger partial charge >= 0.3 is 0 Å². The van der Waals surface area contributed by atoms with E-state index in [0.29, 0.717) is 18.3 Å². The van der Waals surface area contributed by atoms with Crippen molar-refractivity contribution in [3.63, 3.8) is 0 Å². The number of Topliss-reactive ketones (excluding diaryl/α,β-unsaturated/α-hetero) is 1. The maximum absolute atomic E-state index is 11.5. The van der Waals surface area contributed by atoms with Gasteiger partial charge in [0.2, 0.25) is 0 Å². The Hall–Kier alpha value is -0.920. The van der Waals surface area contributed by atoms with E-state index in [0.717, 1.165) is 19.1 Å². The van der Waals surface area contributed by atoms with Gasteiger partial charge in [-0.25, -0.2) is 0 Å². The zero-order chi connectivity index (χ0) is 10.1. The molecule has 0 aromatic heterocycles. The summed E-state index contributed by atoms with van der Waals surface area (Å²) in [6.45, 7) is 1.66. The number of carbonyl (C=O) groups excluding carboxylic acids is 2. The van der Waals surface area contributed by atoms with Crippen molar-refractivity contribution in [1.82, 2.24) is 0 Å². The predicted octanol–water partition coefficient (Wildman–Crippen LogP) is 1.99. The quantitative estimate of drug-likeness (QED) is 0.506. The predicted molar refractivity (Wildman–Crippen MR) is 53.7 cm³/mol. The minimum absolute atomic E-state index is 0.115. The minimum Gasteiger partial charge on any atom is -0.303 e. The third-order valence-corrected chi connectivity index (χ3v) is 3.75. The molecule has 0 amide bonds. The third-order valence-electron chi connectivity index (χ3n) is 3.75. The molecule has 0 heterocycles. The highest BCUT2D eigenvalue weighted by atomic mass is 16.1. The van der Waals surface area contributed by atoms with Gasteiger partial charge in [-0.15, -0.1) is 0 Å². The Morgan fingerprint density at radius 2 is 2.00 bits per heavy atom. The van der Waals surface area contributed by atoms with E-state index < -0.39 is 0 Å². The lowest BCUT2D eigenvalue weighted by atomic mass is 9.60. The minimum atomic E-state index is 0.115. The molecule has 0 aromatic rings. The molecule has 3 aliphatic rings. The van der Waals surface area contributed by atoms with Gasteiger partial charge in [0.25, 0.3) is 0 Å². The summed E-state index contributed by atoms with van der Waals surface area (Å²) in [5, 5.41) is 0. The fourth-order valence-corrected chi connectivity index (χ4v) is 3.14. The lowest BCUT2D eigenvalue weighted by molar-refractivity contribution is -0.126. The van der Waals surface area contributed by atoms with Gasteiger partial charge in [0.1, 0.15) is 12.1 Å². The van der Waals surface area contributed by atoms with Gasteiger partial charge < -0.3 is 4.79 Å². The number of allylic oxidation sites excluding steroid dienone is 2. The molecule has 2 bridgehead atoms. The second kappa shape index (κ2) is 3.68. The van der Waals surface area contributed by atoms with Gasteiger partial charge in [0, 0.05) is 12.3 Å². The molecule has 4 atom stereocenters. The summed E-state index contributed by atoms with van der Waals surface area (Å²) < 4.78 is 0. The largest absolute Gasteiger partial charge is 0.303 e. The maximum atomic E-state index is 11.5. The summed E-state index contributed by atoms with van der Waals surface area (Å²) in [7, 11) is 0. The molecule has 76 valence electrons. The van der Waals surface area contributed by atoms with E-state index >= 15 is 0 Å². The smallest absolute Gasteiger partial charge is 0.133 e. The monoisotopic (exact) mass is 192 g/mol. The summed E-state index contributed by atoms with van der Waals surface area (Å²) in [5.74, 6) is 1.54. The molecule has 0 saturated heterocycles. The Morgan fingerprint density at radius 3 is 2.50 bits per heavy atom. The first-order valence-electron chi connectivity index (χ1n) is 5.36. The molecule has 1 saturated carbocycles. The van der Waals surface area contributed by atoms with E-state index in [4.69, 9.17) is 0 Å². The average molecular weight is 192 g/mol. The van der Waals surface area contributed by atoms with E-state index in [-0.39, 0.29) is 17.6 Å². The second-order valence-electron chi connectivity index (χ2n) is 4.49. The van der Waals surface area contributed by atoms with Crippen molar-refractivity contribution in [2.75, 3.05) is 0 Å². The number of hydrogen-bond donors (Lipinski definition) is 0. The van der Waals surface area contributed by atoms with Crippen LogP contribution < -0.4 is 0 Å². The highest BCUT2D eigenvalue weighted by Crippen LogP contribution is 2.46. The third kappa shape index (κ3) is 1.43. The normalized spacial score (nSPS) is 39.8. The number of ketones is 1. The highest BCUT2D eigenvalue weighted by Gasteiger charge is 2.42. The van der Waals surface area contributed by atoms with Crippen LogP contribution >= 0.6 is 0 Å². The van der Waals surface area contributed by atoms with E-state index in [1.54, 1.807) is 6.92 Å². The SMILES string of the molecule is CC(=O)[C@H]1[C@H](CC=O)[C@H]2C=C[C@@H]1CC2. The summed E-state index contributed by atoms with van der Waals surface area (Å²) >= 11 is 0. The molecular formula is C12H16O2. The zero-order valence-electron chi connectivity index (χ0n) is 8.48. The van der Waals surface area contributed by atoms with Crippen LogP contribution in [0.2, 0.25) is 0 Å². The van der Waals surface area contributed by atoms with Gasteiger partial charge in [0.15, 0.2) is 0 Å². The Balaban J connectivity index is 2.24. The van der Waals surface area contributed by atoms with Gasteiger partial charge in [-0.1, -0.05) is 12.2 Å². The Bertz CT molecular complexity index is 280. The van der Waals surface area contributed by atoms with E-state index in [1.807, 2.05) is 0 Å². The molecule has 2 nitrogen and oxygen atoms in total. The number of hydrogen-bond acceptors (Lipinski definition) is 2. The van der Waals surface area contributed by atoms with Crippen molar-refractivity contribution in [2.24, 2.45) is 23.7 Å². The van der Waals surface area contributed by atoms with E-state index in [9.17, 15) is 9.59 Å². The molecule has 1 fully saturated rings. The van der Waals surface area contributed by atoms with E-state index in [1.165, 1.54) is 0 Å². The Morgan fingerprint density at radius 1 is 1.36 bits per heavy atom. The number of aldehydes is 1. The standard InChI is InChI=1S/C12H16O2/c1-8(14)12-10-4-2-9(3-5-10)11(12)6-7-13/h2,4,7,9-12H,3,5-6H2,1H3/t9-,10+,11+,12+/m0/s1. The molecule has 0 radical (unpaired) electrons. The van der Waals surface area contributed by atoms with Crippen LogP contribution in [0.15, 0.2) is 12.2 Å². The molecule has 2 heteroatoms. The molecule has 3 rings (SSSR count). The summed E-state index contributed by atoms with van der Waals surface area (Å²) in [6, 6.07) is 0. The molecule has 0 aromatic carbocycles. The summed E-state index contributed by atoms with van der Waals surface area (Å²) in [5.41, 5.74) is 0. The highest BCUT2D eigenvalue weighted by molar-refractivity contribution is 5.80. The summed E-state index contributed by atoms with van der Waals surface area (Å²) in [6.07, 6.45) is 8.19. The Labute approximate surface area is 84.4 Å². The van der Waals surface area contributed by atoms with Crippen LogP contribution in [-0.2, 0) is 9.59 Å². The van der Waals surface area contributed by atoms with Gasteiger partial charge in [-0.05, 0) is 37.5 Å². The fraction of sp³-hybridized carbons (Fsp3) is 0.667. The number of fused-ring (bicyclic) bond motifs is 2. The van der Waals surface area contributed by atoms with Crippen LogP contribution in [0, 0.1) is 23.7 Å². The number of carbonyl (C=O) groups is 2. The van der Waals surface area contributed by atoms with Crippen LogP contribution in [0.1, 0.15) is 26.2 Å². The van der Waals surface area contributed by atoms with Crippen molar-refractivity contribution >= 4 is 12.1 Å². The average Bonchev–Trinajstić information content (AvgIpc) is 2.19. The lowest BCUT2D eigenvalue weighted by Gasteiger charge is -2.43. The maximum Gasteiger partial charge on any atom is 0.133 e. The number of rotatable bonds is 3. The zero-order valence-corrected chi connectivity index (χ0v) is 8.48. The van der Waals surface area contributed by atoms with Crippen molar-refractivity contribution in [2.45, 2.75) is 26.2 Å². The van der Waals surface area contributed by atoms with Crippen molar-refractivity contribution in [3.05, 3.63) is 12.2 Å². The molecule has 0 N–H and O–H groups in total. The molecule has 3 aliphatic carbocycles. The van der Waals surface area contributed by atoms with Crippen molar-refractivity contribution < 1.29 is 9.59 Å². The Kier molecular flexibility index (Phi) is 2.53. The fourth-order valence-electron chi connectivity index (χ4n) is 3.14. The summed E-state index contributed by atoms with van der Waals surface area (Å²) in [4.78, 5) is 22.1. The van der Waals surface area contributed by atoms with Gasteiger partial charge in [-0.3, -0.25) is 4.79 Å². The van der Waals surface area contributed by atoms with E-state index in [2.05, 4.69) is 12.2 Å². The topological polar surface area (TPSA) is 34.1 Å². The van der Waals surface area contributed by atoms with Crippen LogP contribution in [-0.4, -0.2) is 12.1 Å². The van der Waals surface area contributed by atoms with Crippen molar-refractivity contribution in [3.8, 4) is 0 Å². The molecule has 0 spiro atoms. The first-order valence-corrected chi connectivity index (χ1v) is 5.36. The molecular weight excluding hydrogens is 176 g/mol. The van der Waals surface area contributed by atoms with Crippen molar-refractivity contribution in [1.29, 1.82) is 0 Å². The first-order chi connectivity index (χ1) is 6.74. The first kappa shape index (κ1) is 9.63. The molecule has 14 heavy (non-hydrogen) atoms. The second-order valence-corrected chi connectivity index (χ2v) is 4.49. The van der Waals surface area contributed by atoms with Crippen LogP contribution in [0.25, 0.3) is 0 Å². The molecule has 0 aliphatic heterocycles. The van der Waals surface area contributed by atoms with Crippen LogP contribution in [0.5, 0.6) is 0 Å².